The van der Waals surface area contributed by atoms with Gasteiger partial charge in [-0.15, -0.1) is 0 Å². The topological polar surface area (TPSA) is 44.8 Å². The van der Waals surface area contributed by atoms with Crippen LogP contribution in [0, 0.1) is 11.7 Å². The van der Waals surface area contributed by atoms with Crippen LogP contribution in [0.5, 0.6) is 5.75 Å². The number of carbonyl (C=O) groups is 1. The van der Waals surface area contributed by atoms with Crippen LogP contribution in [0.25, 0.3) is 6.08 Å². The summed E-state index contributed by atoms with van der Waals surface area (Å²) in [4.78, 5) is 16.7. The quantitative estimate of drug-likeness (QED) is 0.763. The average molecular weight is 349 g/mol. The first kappa shape index (κ1) is 19.4. The van der Waals surface area contributed by atoms with Crippen molar-refractivity contribution in [3.05, 3.63) is 35.7 Å². The molecule has 0 aromatic heterocycles. The van der Waals surface area contributed by atoms with Crippen LogP contribution < -0.4 is 10.1 Å². The van der Waals surface area contributed by atoms with E-state index in [-0.39, 0.29) is 11.7 Å². The molecule has 1 atom stereocenters. The first-order valence-electron chi connectivity index (χ1n) is 8.68. The molecule has 2 rings (SSSR count). The molecule has 138 valence electrons. The lowest BCUT2D eigenvalue weighted by molar-refractivity contribution is -0.116. The summed E-state index contributed by atoms with van der Waals surface area (Å²) in [5.74, 6) is -0.0224. The Morgan fingerprint density at radius 1 is 1.36 bits per heavy atom. The maximum atomic E-state index is 13.6. The van der Waals surface area contributed by atoms with E-state index in [4.69, 9.17) is 4.74 Å². The van der Waals surface area contributed by atoms with Crippen LogP contribution >= 0.6 is 0 Å². The summed E-state index contributed by atoms with van der Waals surface area (Å²) in [5, 5.41) is 2.91. The van der Waals surface area contributed by atoms with Crippen molar-refractivity contribution in [1.29, 1.82) is 0 Å². The Hall–Kier alpha value is -1.92. The standard InChI is InChI=1S/C19H28FN3O2/c1-15(14-23-10-8-22(2)9-11-23)13-21-19(24)7-5-16-4-6-18(25-3)17(20)12-16/h4-7,12,15H,8-11,13-14H2,1-3H3,(H,21,24). The van der Waals surface area contributed by atoms with Crippen LogP contribution in [0.2, 0.25) is 0 Å². The fourth-order valence-corrected chi connectivity index (χ4v) is 2.83. The van der Waals surface area contributed by atoms with Crippen molar-refractivity contribution in [2.75, 3.05) is 53.4 Å². The van der Waals surface area contributed by atoms with Crippen LogP contribution in [0.4, 0.5) is 4.39 Å². The predicted octanol–water partition coefficient (Wildman–Crippen LogP) is 1.85. The Morgan fingerprint density at radius 2 is 2.08 bits per heavy atom. The average Bonchev–Trinajstić information content (AvgIpc) is 2.60. The van der Waals surface area contributed by atoms with Crippen molar-refractivity contribution in [2.45, 2.75) is 6.92 Å². The zero-order valence-corrected chi connectivity index (χ0v) is 15.3. The van der Waals surface area contributed by atoms with E-state index in [1.165, 1.54) is 19.3 Å². The second-order valence-corrected chi connectivity index (χ2v) is 6.68. The highest BCUT2D eigenvalue weighted by Crippen LogP contribution is 2.18. The van der Waals surface area contributed by atoms with Crippen LogP contribution in [-0.4, -0.2) is 69.1 Å². The highest BCUT2D eigenvalue weighted by atomic mass is 19.1. The summed E-state index contributed by atoms with van der Waals surface area (Å²) in [6, 6.07) is 4.60. The molecular weight excluding hydrogens is 321 g/mol. The van der Waals surface area contributed by atoms with Crippen molar-refractivity contribution in [1.82, 2.24) is 15.1 Å². The number of nitrogens with one attached hydrogen (secondary N) is 1. The molecule has 1 aromatic carbocycles. The van der Waals surface area contributed by atoms with Gasteiger partial charge in [-0.1, -0.05) is 13.0 Å². The number of hydrogen-bond acceptors (Lipinski definition) is 4. The molecule has 6 heteroatoms. The molecule has 0 saturated carbocycles. The largest absolute Gasteiger partial charge is 0.494 e. The number of amides is 1. The van der Waals surface area contributed by atoms with E-state index in [9.17, 15) is 9.18 Å². The molecule has 0 spiro atoms. The van der Waals surface area contributed by atoms with E-state index in [0.717, 1.165) is 32.7 Å². The molecule has 0 aliphatic carbocycles. The summed E-state index contributed by atoms with van der Waals surface area (Å²) >= 11 is 0. The molecule has 1 saturated heterocycles. The molecule has 0 bridgehead atoms. The van der Waals surface area contributed by atoms with Gasteiger partial charge in [-0.2, -0.15) is 0 Å². The molecule has 1 aliphatic rings. The molecule has 0 radical (unpaired) electrons. The number of ether oxygens (including phenoxy) is 1. The summed E-state index contributed by atoms with van der Waals surface area (Å²) in [6.07, 6.45) is 3.03. The molecule has 1 aliphatic heterocycles. The number of carbonyl (C=O) groups excluding carboxylic acids is 1. The third-order valence-corrected chi connectivity index (χ3v) is 4.39. The summed E-state index contributed by atoms with van der Waals surface area (Å²) in [5.41, 5.74) is 0.624. The minimum atomic E-state index is -0.439. The second kappa shape index (κ2) is 9.53. The summed E-state index contributed by atoms with van der Waals surface area (Å²) in [7, 11) is 3.56. The Morgan fingerprint density at radius 3 is 2.72 bits per heavy atom. The minimum Gasteiger partial charge on any atom is -0.494 e. The van der Waals surface area contributed by atoms with Crippen LogP contribution in [0.3, 0.4) is 0 Å². The smallest absolute Gasteiger partial charge is 0.244 e. The lowest BCUT2D eigenvalue weighted by Crippen LogP contribution is -2.46. The molecule has 1 unspecified atom stereocenters. The van der Waals surface area contributed by atoms with Crippen molar-refractivity contribution in [2.24, 2.45) is 5.92 Å². The molecule has 25 heavy (non-hydrogen) atoms. The summed E-state index contributed by atoms with van der Waals surface area (Å²) in [6.45, 7) is 8.12. The van der Waals surface area contributed by atoms with Gasteiger partial charge in [0.15, 0.2) is 11.6 Å². The van der Waals surface area contributed by atoms with Gasteiger partial charge in [-0.3, -0.25) is 4.79 Å². The Balaban J connectivity index is 1.73. The molecule has 1 N–H and O–H groups in total. The van der Waals surface area contributed by atoms with Gasteiger partial charge in [0, 0.05) is 45.3 Å². The highest BCUT2D eigenvalue weighted by Gasteiger charge is 2.16. The number of likely N-dealkylation sites (N-methyl/N-ethyl adjacent to an activating group) is 1. The van der Waals surface area contributed by atoms with E-state index < -0.39 is 5.82 Å². The van der Waals surface area contributed by atoms with Crippen LogP contribution in [0.15, 0.2) is 24.3 Å². The third kappa shape index (κ3) is 6.48. The fraction of sp³-hybridized carbons (Fsp3) is 0.526. The number of nitrogens with zero attached hydrogens (tertiary/aromatic N) is 2. The van der Waals surface area contributed by atoms with Gasteiger partial charge >= 0.3 is 0 Å². The fourth-order valence-electron chi connectivity index (χ4n) is 2.83. The first-order chi connectivity index (χ1) is 12.0. The maximum Gasteiger partial charge on any atom is 0.244 e. The number of hydrogen-bond donors (Lipinski definition) is 1. The summed E-state index contributed by atoms with van der Waals surface area (Å²) < 4.78 is 18.5. The van der Waals surface area contributed by atoms with E-state index in [2.05, 4.69) is 29.1 Å². The molecule has 1 amide bonds. The van der Waals surface area contributed by atoms with Crippen LogP contribution in [-0.2, 0) is 4.79 Å². The third-order valence-electron chi connectivity index (χ3n) is 4.39. The maximum absolute atomic E-state index is 13.6. The number of rotatable bonds is 7. The Labute approximate surface area is 149 Å². The minimum absolute atomic E-state index is 0.165. The number of piperazine rings is 1. The zero-order chi connectivity index (χ0) is 18.2. The van der Waals surface area contributed by atoms with Gasteiger partial charge in [0.2, 0.25) is 5.91 Å². The van der Waals surface area contributed by atoms with Crippen molar-refractivity contribution in [3.8, 4) is 5.75 Å². The first-order valence-corrected chi connectivity index (χ1v) is 8.68. The van der Waals surface area contributed by atoms with E-state index in [0.29, 0.717) is 18.0 Å². The second-order valence-electron chi connectivity index (χ2n) is 6.68. The number of methoxy groups -OCH3 is 1. The van der Waals surface area contributed by atoms with E-state index in [1.807, 2.05) is 0 Å². The SMILES string of the molecule is COc1ccc(C=CC(=O)NCC(C)CN2CCN(C)CC2)cc1F. The zero-order valence-electron chi connectivity index (χ0n) is 15.3. The van der Waals surface area contributed by atoms with Crippen molar-refractivity contribution < 1.29 is 13.9 Å². The van der Waals surface area contributed by atoms with Gasteiger partial charge < -0.3 is 19.9 Å². The molecule has 5 nitrogen and oxygen atoms in total. The lowest BCUT2D eigenvalue weighted by atomic mass is 10.1. The Bertz CT molecular complexity index is 598. The normalized spacial score (nSPS) is 17.6. The van der Waals surface area contributed by atoms with Crippen molar-refractivity contribution >= 4 is 12.0 Å². The van der Waals surface area contributed by atoms with Gasteiger partial charge in [0.05, 0.1) is 7.11 Å². The highest BCUT2D eigenvalue weighted by molar-refractivity contribution is 5.91. The Kier molecular flexibility index (Phi) is 7.40. The molecule has 1 aromatic rings. The number of benzene rings is 1. The molecule has 1 heterocycles. The van der Waals surface area contributed by atoms with Gasteiger partial charge in [-0.05, 0) is 36.7 Å². The molecular formula is C19H28FN3O2. The predicted molar refractivity (Wildman–Crippen MR) is 98.1 cm³/mol. The lowest BCUT2D eigenvalue weighted by Gasteiger charge is -2.33. The number of halogens is 1. The van der Waals surface area contributed by atoms with Gasteiger partial charge in [0.25, 0.3) is 0 Å². The van der Waals surface area contributed by atoms with E-state index in [1.54, 1.807) is 18.2 Å². The van der Waals surface area contributed by atoms with Crippen LogP contribution in [0.1, 0.15) is 12.5 Å². The monoisotopic (exact) mass is 349 g/mol. The van der Waals surface area contributed by atoms with Gasteiger partial charge in [0.1, 0.15) is 0 Å². The molecule has 1 fully saturated rings. The van der Waals surface area contributed by atoms with Gasteiger partial charge in [-0.25, -0.2) is 4.39 Å². The van der Waals surface area contributed by atoms with E-state index >= 15 is 0 Å². The van der Waals surface area contributed by atoms with Crippen molar-refractivity contribution in [3.63, 3.8) is 0 Å².